The van der Waals surface area contributed by atoms with Crippen molar-refractivity contribution < 1.29 is 30.0 Å². The van der Waals surface area contributed by atoms with Crippen LogP contribution in [-0.2, 0) is 24.9 Å². The molecular formula is C36H40IrNO2S-. The van der Waals surface area contributed by atoms with Crippen molar-refractivity contribution in [2.24, 2.45) is 11.8 Å². The van der Waals surface area contributed by atoms with Gasteiger partial charge in [0.05, 0.1) is 11.3 Å². The second kappa shape index (κ2) is 14.9. The van der Waals surface area contributed by atoms with Gasteiger partial charge in [-0.25, -0.2) is 0 Å². The summed E-state index contributed by atoms with van der Waals surface area (Å²) in [5.74, 6) is 0.547. The number of hydrogen-bond acceptors (Lipinski definition) is 4. The summed E-state index contributed by atoms with van der Waals surface area (Å²) < 4.78 is 2.64. The number of aryl methyl sites for hydroxylation is 2. The minimum absolute atomic E-state index is 0. The van der Waals surface area contributed by atoms with E-state index in [4.69, 9.17) is 4.98 Å². The molecule has 3 aromatic carbocycles. The molecule has 217 valence electrons. The summed E-state index contributed by atoms with van der Waals surface area (Å²) in [6, 6.07) is 24.6. The zero-order valence-corrected chi connectivity index (χ0v) is 28.1. The molecule has 0 atom stereocenters. The van der Waals surface area contributed by atoms with Crippen molar-refractivity contribution in [3.63, 3.8) is 0 Å². The number of hydrogen-bond donors (Lipinski definition) is 1. The average Bonchev–Trinajstić information content (AvgIpc) is 3.34. The quantitative estimate of drug-likeness (QED) is 0.0979. The first-order valence-corrected chi connectivity index (χ1v) is 15.3. The molecule has 5 heteroatoms. The molecule has 1 N–H and O–H groups in total. The number of nitrogens with zero attached hydrogens (tertiary/aromatic N) is 1. The van der Waals surface area contributed by atoms with Gasteiger partial charge in [0.1, 0.15) is 0 Å². The van der Waals surface area contributed by atoms with Crippen LogP contribution in [0, 0.1) is 31.7 Å². The van der Waals surface area contributed by atoms with Gasteiger partial charge in [-0.2, -0.15) is 0 Å². The molecule has 0 aliphatic heterocycles. The molecule has 5 aromatic rings. The molecule has 0 aliphatic rings. The fourth-order valence-corrected chi connectivity index (χ4v) is 6.80. The van der Waals surface area contributed by atoms with Gasteiger partial charge in [-0.3, -0.25) is 9.78 Å². The molecule has 0 saturated heterocycles. The Bertz CT molecular complexity index is 1650. The van der Waals surface area contributed by atoms with Gasteiger partial charge in [-0.15, -0.1) is 47.2 Å². The average molecular weight is 743 g/mol. The molecule has 0 bridgehead atoms. The van der Waals surface area contributed by atoms with Crippen LogP contribution >= 0.6 is 11.3 Å². The minimum atomic E-state index is 0. The Kier molecular flexibility index (Phi) is 11.8. The first kappa shape index (κ1) is 32.7. The van der Waals surface area contributed by atoms with E-state index in [9.17, 15) is 9.90 Å². The number of aliphatic hydroxyl groups is 1. The van der Waals surface area contributed by atoms with Crippen LogP contribution in [0.5, 0.6) is 0 Å². The van der Waals surface area contributed by atoms with E-state index >= 15 is 0 Å². The zero-order valence-electron chi connectivity index (χ0n) is 24.9. The standard InChI is InChI=1S/C23H16NS.C13H24O2.Ir/c1-14-12-15(2)20-18(13-14)24-22(16-8-4-3-5-9-16)21-17-10-6-7-11-19(17)25-23(20)21;1-5-10(6-2)12(14)9-13(15)11(7-3)8-4;/h3-8,10-13H,1-2H3;9-11,14H,5-8H2,1-4H3;/q-1;;/b;12-9-;. The molecule has 5 rings (SSSR count). The van der Waals surface area contributed by atoms with Crippen molar-refractivity contribution in [3.8, 4) is 11.3 Å². The number of ketones is 1. The molecule has 2 aromatic heterocycles. The zero-order chi connectivity index (χ0) is 28.8. The molecule has 0 amide bonds. The third-order valence-corrected chi connectivity index (χ3v) is 8.99. The maximum Gasteiger partial charge on any atom is 0.162 e. The van der Waals surface area contributed by atoms with E-state index in [2.05, 4.69) is 68.4 Å². The van der Waals surface area contributed by atoms with Gasteiger partial charge < -0.3 is 5.11 Å². The second-order valence-corrected chi connectivity index (χ2v) is 11.6. The third-order valence-electron chi connectivity index (χ3n) is 7.80. The SMILES string of the molecule is CCC(CC)C(=O)/C=C(\O)C(CC)CC.Cc1cc(C)c2c(c1)nc(-c1[c-]cccc1)c1c3ccccc3sc21.[Ir]. The van der Waals surface area contributed by atoms with E-state index in [1.54, 1.807) is 0 Å². The number of allylic oxidation sites excluding steroid dienone is 2. The molecule has 0 aliphatic carbocycles. The van der Waals surface area contributed by atoms with E-state index in [0.717, 1.165) is 42.5 Å². The van der Waals surface area contributed by atoms with Crippen LogP contribution in [0.25, 0.3) is 42.3 Å². The maximum absolute atomic E-state index is 11.7. The number of pyridine rings is 1. The minimum Gasteiger partial charge on any atom is -0.512 e. The first-order valence-electron chi connectivity index (χ1n) is 14.5. The Morgan fingerprint density at radius 2 is 1.59 bits per heavy atom. The number of rotatable bonds is 8. The van der Waals surface area contributed by atoms with Gasteiger partial charge in [0, 0.05) is 52.8 Å². The van der Waals surface area contributed by atoms with Crippen LogP contribution in [0.2, 0.25) is 0 Å². The molecule has 0 spiro atoms. The Morgan fingerprint density at radius 1 is 0.927 bits per heavy atom. The number of aromatic nitrogens is 1. The summed E-state index contributed by atoms with van der Waals surface area (Å²) in [6.07, 6.45) is 4.91. The second-order valence-electron chi connectivity index (χ2n) is 10.5. The van der Waals surface area contributed by atoms with Crippen molar-refractivity contribution in [1.29, 1.82) is 0 Å². The van der Waals surface area contributed by atoms with E-state index in [0.29, 0.717) is 0 Å². The van der Waals surface area contributed by atoms with Gasteiger partial charge >= 0.3 is 0 Å². The summed E-state index contributed by atoms with van der Waals surface area (Å²) >= 11 is 1.87. The van der Waals surface area contributed by atoms with Crippen LogP contribution in [-0.4, -0.2) is 15.9 Å². The van der Waals surface area contributed by atoms with Crippen LogP contribution < -0.4 is 0 Å². The number of fused-ring (bicyclic) bond motifs is 5. The van der Waals surface area contributed by atoms with Crippen LogP contribution in [0.3, 0.4) is 0 Å². The Balaban J connectivity index is 0.000000253. The third kappa shape index (κ3) is 7.14. The van der Waals surface area contributed by atoms with Crippen molar-refractivity contribution in [2.45, 2.75) is 67.2 Å². The molecule has 2 heterocycles. The fraction of sp³-hybridized carbons (Fsp3) is 0.333. The van der Waals surface area contributed by atoms with Crippen LogP contribution in [0.4, 0.5) is 0 Å². The van der Waals surface area contributed by atoms with E-state index in [-0.39, 0.29) is 43.5 Å². The van der Waals surface area contributed by atoms with Crippen molar-refractivity contribution >= 4 is 48.2 Å². The summed E-state index contributed by atoms with van der Waals surface area (Å²) in [5, 5.41) is 13.6. The Hall–Kier alpha value is -2.85. The Labute approximate surface area is 262 Å². The predicted octanol–water partition coefficient (Wildman–Crippen LogP) is 10.6. The van der Waals surface area contributed by atoms with E-state index < -0.39 is 0 Å². The van der Waals surface area contributed by atoms with Gasteiger partial charge in [-0.05, 0) is 79.3 Å². The molecule has 1 radical (unpaired) electrons. The van der Waals surface area contributed by atoms with Gasteiger partial charge in [0.2, 0.25) is 0 Å². The van der Waals surface area contributed by atoms with Gasteiger partial charge in [-0.1, -0.05) is 52.0 Å². The smallest absolute Gasteiger partial charge is 0.162 e. The summed E-state index contributed by atoms with van der Waals surface area (Å²) in [7, 11) is 0. The molecule has 0 unspecified atom stereocenters. The summed E-state index contributed by atoms with van der Waals surface area (Å²) in [6.45, 7) is 12.4. The van der Waals surface area contributed by atoms with Crippen LogP contribution in [0.15, 0.2) is 72.5 Å². The molecule has 0 saturated carbocycles. The monoisotopic (exact) mass is 743 g/mol. The van der Waals surface area contributed by atoms with Gasteiger partial charge in [0.25, 0.3) is 0 Å². The number of benzene rings is 3. The van der Waals surface area contributed by atoms with Crippen molar-refractivity contribution in [1.82, 2.24) is 4.98 Å². The Morgan fingerprint density at radius 3 is 2.22 bits per heavy atom. The predicted molar refractivity (Wildman–Crippen MR) is 172 cm³/mol. The summed E-state index contributed by atoms with van der Waals surface area (Å²) in [4.78, 5) is 16.8. The summed E-state index contributed by atoms with van der Waals surface area (Å²) in [5.41, 5.74) is 5.70. The van der Waals surface area contributed by atoms with E-state index in [1.165, 1.54) is 42.8 Å². The first-order chi connectivity index (χ1) is 19.3. The molecule has 3 nitrogen and oxygen atoms in total. The van der Waals surface area contributed by atoms with Crippen LogP contribution in [0.1, 0.15) is 64.5 Å². The number of carbonyl (C=O) groups is 1. The number of thiophene rings is 1. The number of carbonyl (C=O) groups excluding carboxylic acids is 1. The molecular weight excluding hydrogens is 703 g/mol. The topological polar surface area (TPSA) is 50.2 Å². The largest absolute Gasteiger partial charge is 0.512 e. The fourth-order valence-electron chi connectivity index (χ4n) is 5.48. The normalized spacial score (nSPS) is 11.7. The molecule has 0 fully saturated rings. The van der Waals surface area contributed by atoms with Crippen molar-refractivity contribution in [2.75, 3.05) is 0 Å². The van der Waals surface area contributed by atoms with Gasteiger partial charge in [0.15, 0.2) is 5.78 Å². The maximum atomic E-state index is 11.7. The van der Waals surface area contributed by atoms with Crippen molar-refractivity contribution in [3.05, 3.63) is 89.7 Å². The van der Waals surface area contributed by atoms with E-state index in [1.807, 2.05) is 51.2 Å². The molecule has 41 heavy (non-hydrogen) atoms. The number of aliphatic hydroxyl groups excluding tert-OH is 1.